The van der Waals surface area contributed by atoms with Gasteiger partial charge in [0, 0.05) is 43.4 Å². The van der Waals surface area contributed by atoms with Gasteiger partial charge in [0.25, 0.3) is 5.91 Å². The molecule has 0 bridgehead atoms. The fourth-order valence-electron chi connectivity index (χ4n) is 3.30. The fraction of sp³-hybridized carbons (Fsp3) is 0.474. The molecule has 6 nitrogen and oxygen atoms in total. The lowest BCUT2D eigenvalue weighted by Crippen LogP contribution is -2.29. The number of hydrogen-bond donors (Lipinski definition) is 2. The summed E-state index contributed by atoms with van der Waals surface area (Å²) in [7, 11) is 1.67. The largest absolute Gasteiger partial charge is 0.497 e. The number of aryl methyl sites for hydroxylation is 2. The van der Waals surface area contributed by atoms with Gasteiger partial charge in [-0.15, -0.1) is 0 Å². The van der Waals surface area contributed by atoms with Crippen LogP contribution < -0.4 is 15.4 Å². The summed E-state index contributed by atoms with van der Waals surface area (Å²) in [5.41, 5.74) is 4.11. The van der Waals surface area contributed by atoms with E-state index < -0.39 is 0 Å². The molecule has 1 aromatic carbocycles. The van der Waals surface area contributed by atoms with Crippen molar-refractivity contribution in [2.75, 3.05) is 13.7 Å². The van der Waals surface area contributed by atoms with Crippen LogP contribution in [-0.2, 0) is 25.9 Å². The van der Waals surface area contributed by atoms with Gasteiger partial charge in [0.15, 0.2) is 5.69 Å². The highest BCUT2D eigenvalue weighted by Gasteiger charge is 2.29. The van der Waals surface area contributed by atoms with Gasteiger partial charge in [-0.05, 0) is 37.0 Å². The van der Waals surface area contributed by atoms with Crippen LogP contribution in [0, 0.1) is 0 Å². The molecule has 0 atom stereocenters. The van der Waals surface area contributed by atoms with Gasteiger partial charge in [-0.1, -0.05) is 12.1 Å². The molecule has 1 aliphatic carbocycles. The highest BCUT2D eigenvalue weighted by molar-refractivity contribution is 5.94. The molecule has 0 saturated heterocycles. The van der Waals surface area contributed by atoms with E-state index in [1.165, 1.54) is 11.3 Å². The SMILES string of the molecule is COc1ccc(CCn2nc(C(=O)NC3CC3)c3c2CCNC3)cc1. The van der Waals surface area contributed by atoms with Gasteiger partial charge in [0.05, 0.1) is 7.11 Å². The summed E-state index contributed by atoms with van der Waals surface area (Å²) < 4.78 is 7.23. The molecule has 6 heteroatoms. The van der Waals surface area contributed by atoms with Gasteiger partial charge in [-0.3, -0.25) is 9.48 Å². The summed E-state index contributed by atoms with van der Waals surface area (Å²) >= 11 is 0. The molecule has 1 aliphatic heterocycles. The van der Waals surface area contributed by atoms with Crippen LogP contribution in [-0.4, -0.2) is 35.4 Å². The number of rotatable bonds is 6. The Morgan fingerprint density at radius 2 is 2.16 bits per heavy atom. The lowest BCUT2D eigenvalue weighted by molar-refractivity contribution is 0.0944. The van der Waals surface area contributed by atoms with Gasteiger partial charge in [0.1, 0.15) is 5.75 Å². The van der Waals surface area contributed by atoms with Crippen molar-refractivity contribution in [1.82, 2.24) is 20.4 Å². The van der Waals surface area contributed by atoms with Crippen molar-refractivity contribution in [2.45, 2.75) is 44.8 Å². The highest BCUT2D eigenvalue weighted by atomic mass is 16.5. The topological polar surface area (TPSA) is 68.2 Å². The number of nitrogens with one attached hydrogen (secondary N) is 2. The van der Waals surface area contributed by atoms with E-state index in [2.05, 4.69) is 27.9 Å². The Bertz CT molecular complexity index is 762. The molecule has 132 valence electrons. The molecule has 0 unspecified atom stereocenters. The van der Waals surface area contributed by atoms with Crippen molar-refractivity contribution in [3.05, 3.63) is 46.8 Å². The number of carbonyl (C=O) groups excluding carboxylic acids is 1. The van der Waals surface area contributed by atoms with Crippen LogP contribution in [0.15, 0.2) is 24.3 Å². The summed E-state index contributed by atoms with van der Waals surface area (Å²) in [6.45, 7) is 2.45. The van der Waals surface area contributed by atoms with Crippen molar-refractivity contribution in [3.63, 3.8) is 0 Å². The molecule has 2 aliphatic rings. The normalized spacial score (nSPS) is 16.4. The first-order valence-electron chi connectivity index (χ1n) is 8.97. The maximum atomic E-state index is 12.5. The Morgan fingerprint density at radius 1 is 1.36 bits per heavy atom. The van der Waals surface area contributed by atoms with Gasteiger partial charge >= 0.3 is 0 Å². The molecule has 2 N–H and O–H groups in total. The van der Waals surface area contributed by atoms with E-state index in [0.29, 0.717) is 11.7 Å². The first-order chi connectivity index (χ1) is 12.2. The molecule has 1 fully saturated rings. The summed E-state index contributed by atoms with van der Waals surface area (Å²) in [4.78, 5) is 12.5. The van der Waals surface area contributed by atoms with Crippen molar-refractivity contribution < 1.29 is 9.53 Å². The van der Waals surface area contributed by atoms with E-state index in [-0.39, 0.29) is 5.91 Å². The third-order valence-electron chi connectivity index (χ3n) is 4.91. The molecule has 1 saturated carbocycles. The maximum Gasteiger partial charge on any atom is 0.272 e. The Morgan fingerprint density at radius 3 is 2.88 bits per heavy atom. The standard InChI is InChI=1S/C19H24N4O2/c1-25-15-6-2-13(3-7-15)9-11-23-17-8-10-20-12-16(17)18(22-23)19(24)21-14-4-5-14/h2-3,6-7,14,20H,4-5,8-12H2,1H3,(H,21,24). The number of benzene rings is 1. The van der Waals surface area contributed by atoms with Gasteiger partial charge in [0.2, 0.25) is 0 Å². The molecular formula is C19H24N4O2. The zero-order valence-corrected chi connectivity index (χ0v) is 14.5. The minimum Gasteiger partial charge on any atom is -0.497 e. The van der Waals surface area contributed by atoms with E-state index in [9.17, 15) is 4.79 Å². The monoisotopic (exact) mass is 340 g/mol. The minimum atomic E-state index is -0.0225. The van der Waals surface area contributed by atoms with E-state index in [0.717, 1.165) is 56.6 Å². The molecule has 4 rings (SSSR count). The number of methoxy groups -OCH3 is 1. The third-order valence-corrected chi connectivity index (χ3v) is 4.91. The first-order valence-corrected chi connectivity index (χ1v) is 8.97. The molecule has 2 aromatic rings. The molecular weight excluding hydrogens is 316 g/mol. The second-order valence-electron chi connectivity index (χ2n) is 6.77. The second kappa shape index (κ2) is 6.88. The Kier molecular flexibility index (Phi) is 4.44. The fourth-order valence-corrected chi connectivity index (χ4v) is 3.30. The smallest absolute Gasteiger partial charge is 0.272 e. The predicted octanol–water partition coefficient (Wildman–Crippen LogP) is 1.67. The molecule has 25 heavy (non-hydrogen) atoms. The lowest BCUT2D eigenvalue weighted by atomic mass is 10.1. The highest BCUT2D eigenvalue weighted by Crippen LogP contribution is 2.23. The average molecular weight is 340 g/mol. The summed E-state index contributed by atoms with van der Waals surface area (Å²) in [5.74, 6) is 0.843. The Hall–Kier alpha value is -2.34. The van der Waals surface area contributed by atoms with Crippen LogP contribution in [0.1, 0.15) is 40.2 Å². The predicted molar refractivity (Wildman–Crippen MR) is 94.8 cm³/mol. The van der Waals surface area contributed by atoms with Crippen molar-refractivity contribution in [2.24, 2.45) is 0 Å². The molecule has 1 aromatic heterocycles. The number of carbonyl (C=O) groups is 1. The zero-order valence-electron chi connectivity index (χ0n) is 14.5. The van der Waals surface area contributed by atoms with E-state index in [1.54, 1.807) is 7.11 Å². The van der Waals surface area contributed by atoms with Gasteiger partial charge in [-0.2, -0.15) is 5.10 Å². The molecule has 1 amide bonds. The van der Waals surface area contributed by atoms with Crippen molar-refractivity contribution >= 4 is 5.91 Å². The van der Waals surface area contributed by atoms with Crippen molar-refractivity contribution in [3.8, 4) is 5.75 Å². The molecule has 2 heterocycles. The van der Waals surface area contributed by atoms with Crippen LogP contribution in [0.5, 0.6) is 5.75 Å². The van der Waals surface area contributed by atoms with Gasteiger partial charge < -0.3 is 15.4 Å². The third kappa shape index (κ3) is 3.54. The first kappa shape index (κ1) is 16.1. The molecule has 0 radical (unpaired) electrons. The van der Waals surface area contributed by atoms with Crippen LogP contribution in [0.4, 0.5) is 0 Å². The number of ether oxygens (including phenoxy) is 1. The number of aromatic nitrogens is 2. The Labute approximate surface area is 147 Å². The quantitative estimate of drug-likeness (QED) is 0.839. The molecule has 0 spiro atoms. The minimum absolute atomic E-state index is 0.0225. The van der Waals surface area contributed by atoms with E-state index in [4.69, 9.17) is 4.74 Å². The van der Waals surface area contributed by atoms with Crippen molar-refractivity contribution in [1.29, 1.82) is 0 Å². The average Bonchev–Trinajstić information content (AvgIpc) is 3.39. The second-order valence-corrected chi connectivity index (χ2v) is 6.77. The van der Waals surface area contributed by atoms with Crippen LogP contribution in [0.3, 0.4) is 0 Å². The zero-order chi connectivity index (χ0) is 17.2. The summed E-state index contributed by atoms with van der Waals surface area (Å²) in [5, 5.41) is 11.1. The number of fused-ring (bicyclic) bond motifs is 1. The Balaban J connectivity index is 1.51. The maximum absolute atomic E-state index is 12.5. The van der Waals surface area contributed by atoms with Crippen LogP contribution in [0.2, 0.25) is 0 Å². The lowest BCUT2D eigenvalue weighted by Gasteiger charge is -2.15. The van der Waals surface area contributed by atoms with E-state index in [1.807, 2.05) is 16.8 Å². The number of hydrogen-bond acceptors (Lipinski definition) is 4. The number of nitrogens with zero attached hydrogens (tertiary/aromatic N) is 2. The summed E-state index contributed by atoms with van der Waals surface area (Å²) in [6.07, 6.45) is 3.98. The van der Waals surface area contributed by atoms with Crippen LogP contribution in [0.25, 0.3) is 0 Å². The van der Waals surface area contributed by atoms with E-state index >= 15 is 0 Å². The van der Waals surface area contributed by atoms with Crippen LogP contribution >= 0.6 is 0 Å². The summed E-state index contributed by atoms with van der Waals surface area (Å²) in [6, 6.07) is 8.47. The number of amides is 1. The van der Waals surface area contributed by atoms with Gasteiger partial charge in [-0.25, -0.2) is 0 Å².